The molecule has 0 spiro atoms. The van der Waals surface area contributed by atoms with Crippen LogP contribution in [0, 0.1) is 0 Å². The van der Waals surface area contributed by atoms with Gasteiger partial charge in [0.2, 0.25) is 0 Å². The molecule has 0 unspecified atom stereocenters. The van der Waals surface area contributed by atoms with Crippen molar-refractivity contribution in [3.8, 4) is 0 Å². The number of carbonyl (C=O) groups excluding carboxylic acids is 1. The van der Waals surface area contributed by atoms with Crippen molar-refractivity contribution in [3.63, 3.8) is 0 Å². The molecule has 1 heterocycles. The number of halogens is 3. The quantitative estimate of drug-likeness (QED) is 0.811. The minimum atomic E-state index is -4.81. The number of imidazole rings is 1. The Labute approximate surface area is 96.0 Å². The number of carbonyl (C=O) groups is 1. The molecule has 0 saturated heterocycles. The second-order valence-electron chi connectivity index (χ2n) is 4.12. The molecule has 0 aliphatic heterocycles. The summed E-state index contributed by atoms with van der Waals surface area (Å²) >= 11 is 0. The number of alkyl halides is 3. The average Bonchev–Trinajstić information content (AvgIpc) is 2.98. The van der Waals surface area contributed by atoms with Crippen molar-refractivity contribution < 1.29 is 18.0 Å². The fourth-order valence-electron chi connectivity index (χ4n) is 1.62. The van der Waals surface area contributed by atoms with E-state index in [4.69, 9.17) is 0 Å². The van der Waals surface area contributed by atoms with E-state index in [0.717, 1.165) is 4.90 Å². The first-order valence-electron chi connectivity index (χ1n) is 5.23. The molecule has 0 aromatic carbocycles. The average molecular weight is 247 g/mol. The summed E-state index contributed by atoms with van der Waals surface area (Å²) in [7, 11) is 1.69. The molecule has 2 rings (SSSR count). The Hall–Kier alpha value is -1.53. The van der Waals surface area contributed by atoms with Crippen molar-refractivity contribution in [2.45, 2.75) is 31.6 Å². The van der Waals surface area contributed by atoms with Gasteiger partial charge in [0.25, 0.3) is 0 Å². The maximum absolute atomic E-state index is 12.4. The van der Waals surface area contributed by atoms with E-state index >= 15 is 0 Å². The molecule has 1 fully saturated rings. The Morgan fingerprint density at radius 1 is 1.59 bits per heavy atom. The molecule has 4 nitrogen and oxygen atoms in total. The second-order valence-corrected chi connectivity index (χ2v) is 4.12. The highest BCUT2D eigenvalue weighted by molar-refractivity contribution is 5.82. The summed E-state index contributed by atoms with van der Waals surface area (Å²) in [5.41, 5.74) is 0. The van der Waals surface area contributed by atoms with Crippen LogP contribution in [0.2, 0.25) is 0 Å². The van der Waals surface area contributed by atoms with Crippen molar-refractivity contribution >= 4 is 5.91 Å². The summed E-state index contributed by atoms with van der Waals surface area (Å²) in [6.07, 6.45) is -0.413. The van der Waals surface area contributed by atoms with E-state index in [2.05, 4.69) is 4.98 Å². The Balaban J connectivity index is 2.14. The molecule has 1 saturated carbocycles. The monoisotopic (exact) mass is 247 g/mol. The zero-order valence-electron chi connectivity index (χ0n) is 9.24. The zero-order chi connectivity index (χ0) is 12.6. The predicted octanol–water partition coefficient (Wildman–Crippen LogP) is 1.47. The van der Waals surface area contributed by atoms with Gasteiger partial charge in [-0.25, -0.2) is 4.98 Å². The van der Waals surface area contributed by atoms with Gasteiger partial charge in [-0.05, 0) is 12.8 Å². The van der Waals surface area contributed by atoms with Crippen LogP contribution in [0.4, 0.5) is 13.2 Å². The van der Waals surface area contributed by atoms with Gasteiger partial charge in [0.05, 0.1) is 6.54 Å². The molecule has 0 N–H and O–H groups in total. The van der Waals surface area contributed by atoms with Gasteiger partial charge in [-0.15, -0.1) is 0 Å². The maximum atomic E-state index is 12.4. The fourth-order valence-corrected chi connectivity index (χ4v) is 1.62. The molecule has 17 heavy (non-hydrogen) atoms. The van der Waals surface area contributed by atoms with Crippen LogP contribution >= 0.6 is 0 Å². The topological polar surface area (TPSA) is 38.1 Å². The van der Waals surface area contributed by atoms with Gasteiger partial charge in [0, 0.05) is 25.5 Å². The van der Waals surface area contributed by atoms with E-state index in [0.29, 0.717) is 18.7 Å². The molecule has 1 aliphatic carbocycles. The van der Waals surface area contributed by atoms with E-state index in [9.17, 15) is 18.0 Å². The fraction of sp³-hybridized carbons (Fsp3) is 0.600. The van der Waals surface area contributed by atoms with Gasteiger partial charge < -0.3 is 9.47 Å². The van der Waals surface area contributed by atoms with E-state index < -0.39 is 12.1 Å². The lowest BCUT2D eigenvalue weighted by Crippen LogP contribution is -2.42. The van der Waals surface area contributed by atoms with E-state index in [1.807, 2.05) is 0 Å². The van der Waals surface area contributed by atoms with Gasteiger partial charge >= 0.3 is 12.1 Å². The third kappa shape index (κ3) is 2.59. The van der Waals surface area contributed by atoms with Crippen LogP contribution in [0.5, 0.6) is 0 Å². The molecule has 7 heteroatoms. The third-order valence-corrected chi connectivity index (χ3v) is 2.72. The molecule has 1 amide bonds. The SMILES string of the molecule is Cn1ccnc1CN(C(=O)C(F)(F)F)C1CC1. The van der Waals surface area contributed by atoms with Crippen molar-refractivity contribution in [3.05, 3.63) is 18.2 Å². The van der Waals surface area contributed by atoms with Crippen molar-refractivity contribution in [2.75, 3.05) is 0 Å². The summed E-state index contributed by atoms with van der Waals surface area (Å²) in [6, 6.07) is -0.291. The smallest absolute Gasteiger partial charge is 0.337 e. The summed E-state index contributed by atoms with van der Waals surface area (Å²) < 4.78 is 38.8. The lowest BCUT2D eigenvalue weighted by atomic mass is 10.4. The van der Waals surface area contributed by atoms with E-state index in [-0.39, 0.29) is 12.6 Å². The van der Waals surface area contributed by atoms with Crippen LogP contribution in [0.25, 0.3) is 0 Å². The number of hydrogen-bond donors (Lipinski definition) is 0. The lowest BCUT2D eigenvalue weighted by Gasteiger charge is -2.23. The van der Waals surface area contributed by atoms with Gasteiger partial charge in [-0.1, -0.05) is 0 Å². The maximum Gasteiger partial charge on any atom is 0.471 e. The molecular weight excluding hydrogens is 235 g/mol. The van der Waals surface area contributed by atoms with E-state index in [1.165, 1.54) is 6.20 Å². The van der Waals surface area contributed by atoms with E-state index in [1.54, 1.807) is 17.8 Å². The lowest BCUT2D eigenvalue weighted by molar-refractivity contribution is -0.186. The van der Waals surface area contributed by atoms with Gasteiger partial charge in [0.1, 0.15) is 5.82 Å². The third-order valence-electron chi connectivity index (χ3n) is 2.72. The van der Waals surface area contributed by atoms with Crippen molar-refractivity contribution in [2.24, 2.45) is 7.05 Å². The Bertz CT molecular complexity index is 423. The standard InChI is InChI=1S/C10H12F3N3O/c1-15-5-4-14-8(15)6-16(7-2-3-7)9(17)10(11,12)13/h4-5,7H,2-3,6H2,1H3. The molecule has 0 atom stereocenters. The highest BCUT2D eigenvalue weighted by Crippen LogP contribution is 2.32. The molecule has 1 aromatic rings. The molecule has 0 bridgehead atoms. The largest absolute Gasteiger partial charge is 0.471 e. The molecule has 0 radical (unpaired) electrons. The van der Waals surface area contributed by atoms with Crippen LogP contribution in [-0.4, -0.2) is 32.6 Å². The molecule has 94 valence electrons. The molecule has 1 aromatic heterocycles. The Morgan fingerprint density at radius 2 is 2.24 bits per heavy atom. The first kappa shape index (κ1) is 11.9. The van der Waals surface area contributed by atoms with Crippen LogP contribution in [0.3, 0.4) is 0 Å². The number of nitrogens with zero attached hydrogens (tertiary/aromatic N) is 3. The Morgan fingerprint density at radius 3 is 2.65 bits per heavy atom. The predicted molar refractivity (Wildman–Crippen MR) is 52.8 cm³/mol. The second kappa shape index (κ2) is 4.05. The highest BCUT2D eigenvalue weighted by Gasteiger charge is 2.47. The minimum Gasteiger partial charge on any atom is -0.337 e. The van der Waals surface area contributed by atoms with Crippen molar-refractivity contribution in [1.29, 1.82) is 0 Å². The van der Waals surface area contributed by atoms with Crippen molar-refractivity contribution in [1.82, 2.24) is 14.5 Å². The van der Waals surface area contributed by atoms with Gasteiger partial charge in [-0.2, -0.15) is 13.2 Å². The number of aryl methyl sites for hydroxylation is 1. The summed E-state index contributed by atoms with van der Waals surface area (Å²) in [4.78, 5) is 16.0. The first-order valence-corrected chi connectivity index (χ1v) is 5.23. The van der Waals surface area contributed by atoms with Crippen LogP contribution in [0.15, 0.2) is 12.4 Å². The zero-order valence-corrected chi connectivity index (χ0v) is 9.24. The molecular formula is C10H12F3N3O. The van der Waals surface area contributed by atoms with Crippen LogP contribution in [-0.2, 0) is 18.4 Å². The number of amides is 1. The van der Waals surface area contributed by atoms with Crippen LogP contribution < -0.4 is 0 Å². The highest BCUT2D eigenvalue weighted by atomic mass is 19.4. The summed E-state index contributed by atoms with van der Waals surface area (Å²) in [5, 5.41) is 0. The summed E-state index contributed by atoms with van der Waals surface area (Å²) in [5.74, 6) is -1.32. The normalized spacial score (nSPS) is 16.0. The molecule has 1 aliphatic rings. The van der Waals surface area contributed by atoms with Crippen LogP contribution in [0.1, 0.15) is 18.7 Å². The Kier molecular flexibility index (Phi) is 2.84. The summed E-state index contributed by atoms with van der Waals surface area (Å²) in [6.45, 7) is -0.0908. The van der Waals surface area contributed by atoms with Gasteiger partial charge in [0.15, 0.2) is 0 Å². The number of hydrogen-bond acceptors (Lipinski definition) is 2. The first-order chi connectivity index (χ1) is 7.89. The number of rotatable bonds is 3. The van der Waals surface area contributed by atoms with Gasteiger partial charge in [-0.3, -0.25) is 4.79 Å². The number of aromatic nitrogens is 2. The minimum absolute atomic E-state index is 0.0908.